The van der Waals surface area contributed by atoms with Crippen LogP contribution in [-0.4, -0.2) is 51.4 Å². The van der Waals surface area contributed by atoms with Crippen molar-refractivity contribution in [3.05, 3.63) is 53.6 Å². The zero-order chi connectivity index (χ0) is 20.6. The number of fused-ring (bicyclic) bond motifs is 1. The zero-order valence-electron chi connectivity index (χ0n) is 16.7. The number of benzene rings is 2. The van der Waals surface area contributed by atoms with Crippen molar-refractivity contribution in [2.45, 2.75) is 24.8 Å². The zero-order valence-corrected chi connectivity index (χ0v) is 18.3. The Kier molecular flexibility index (Phi) is 5.48. The number of sulfone groups is 1. The van der Waals surface area contributed by atoms with Crippen molar-refractivity contribution in [2.24, 2.45) is 4.99 Å². The fourth-order valence-electron chi connectivity index (χ4n) is 3.81. The molecular weight excluding hydrogens is 408 g/mol. The number of aliphatic imine (C=N–C) groups is 1. The van der Waals surface area contributed by atoms with E-state index in [0.717, 1.165) is 16.6 Å². The summed E-state index contributed by atoms with van der Waals surface area (Å²) in [5, 5.41) is 0.824. The average Bonchev–Trinajstić information content (AvgIpc) is 3.17. The number of hydrogen-bond donors (Lipinski definition) is 0. The van der Waals surface area contributed by atoms with Gasteiger partial charge in [-0.25, -0.2) is 8.42 Å². The first-order chi connectivity index (χ1) is 13.9. The third-order valence-corrected chi connectivity index (χ3v) is 8.09. The predicted octanol–water partition coefficient (Wildman–Crippen LogP) is 3.29. The highest BCUT2D eigenvalue weighted by atomic mass is 32.2. The van der Waals surface area contributed by atoms with Gasteiger partial charge in [-0.15, -0.1) is 0 Å². The van der Waals surface area contributed by atoms with Gasteiger partial charge in [-0.3, -0.25) is 4.99 Å². The summed E-state index contributed by atoms with van der Waals surface area (Å²) < 4.78 is 35.5. The van der Waals surface area contributed by atoms with Gasteiger partial charge < -0.3 is 14.4 Å². The van der Waals surface area contributed by atoms with Gasteiger partial charge in [0, 0.05) is 11.8 Å². The highest BCUT2D eigenvalue weighted by Gasteiger charge is 2.47. The summed E-state index contributed by atoms with van der Waals surface area (Å²) in [5.74, 6) is 2.30. The molecule has 0 saturated carbocycles. The van der Waals surface area contributed by atoms with Crippen molar-refractivity contribution in [2.75, 3.05) is 30.6 Å². The van der Waals surface area contributed by atoms with E-state index in [-0.39, 0.29) is 23.6 Å². The van der Waals surface area contributed by atoms with Crippen LogP contribution in [0.25, 0.3) is 0 Å². The van der Waals surface area contributed by atoms with Gasteiger partial charge in [0.2, 0.25) is 0 Å². The average molecular weight is 433 g/mol. The van der Waals surface area contributed by atoms with E-state index in [0.29, 0.717) is 11.5 Å². The lowest BCUT2D eigenvalue weighted by molar-refractivity contribution is 0.403. The molecule has 0 unspecified atom stereocenters. The van der Waals surface area contributed by atoms with E-state index < -0.39 is 9.84 Å². The molecule has 0 spiro atoms. The molecule has 0 radical (unpaired) electrons. The van der Waals surface area contributed by atoms with Crippen molar-refractivity contribution in [3.8, 4) is 11.5 Å². The number of thioether (sulfide) groups is 1. The van der Waals surface area contributed by atoms with Gasteiger partial charge in [-0.2, -0.15) is 0 Å². The number of ether oxygens (including phenoxy) is 2. The summed E-state index contributed by atoms with van der Waals surface area (Å²) >= 11 is 1.63. The van der Waals surface area contributed by atoms with Crippen LogP contribution in [0.2, 0.25) is 0 Å². The molecule has 2 atom stereocenters. The molecule has 8 heteroatoms. The van der Waals surface area contributed by atoms with Crippen molar-refractivity contribution >= 4 is 32.5 Å². The quantitative estimate of drug-likeness (QED) is 0.722. The molecule has 29 heavy (non-hydrogen) atoms. The number of anilines is 1. The first-order valence-corrected chi connectivity index (χ1v) is 12.2. The molecule has 0 bridgehead atoms. The van der Waals surface area contributed by atoms with Gasteiger partial charge in [0.1, 0.15) is 11.5 Å². The highest BCUT2D eigenvalue weighted by molar-refractivity contribution is 8.13. The minimum Gasteiger partial charge on any atom is -0.497 e. The van der Waals surface area contributed by atoms with Crippen LogP contribution in [0.15, 0.2) is 47.5 Å². The Morgan fingerprint density at radius 3 is 2.66 bits per heavy atom. The van der Waals surface area contributed by atoms with Crippen molar-refractivity contribution < 1.29 is 17.9 Å². The number of rotatable bonds is 5. The van der Waals surface area contributed by atoms with E-state index >= 15 is 0 Å². The number of amidine groups is 1. The Labute approximate surface area is 175 Å². The molecule has 6 nitrogen and oxygen atoms in total. The number of nitrogens with zero attached hydrogens (tertiary/aromatic N) is 2. The lowest BCUT2D eigenvalue weighted by atomic mass is 10.1. The molecular formula is C21H24N2O4S2. The van der Waals surface area contributed by atoms with Crippen LogP contribution in [0.3, 0.4) is 0 Å². The Morgan fingerprint density at radius 1 is 1.14 bits per heavy atom. The van der Waals surface area contributed by atoms with E-state index in [1.165, 1.54) is 11.1 Å². The van der Waals surface area contributed by atoms with Gasteiger partial charge in [0.15, 0.2) is 15.0 Å². The topological polar surface area (TPSA) is 68.2 Å². The second kappa shape index (κ2) is 7.91. The summed E-state index contributed by atoms with van der Waals surface area (Å²) in [4.78, 5) is 6.84. The Balaban J connectivity index is 1.70. The maximum Gasteiger partial charge on any atom is 0.164 e. The van der Waals surface area contributed by atoms with Crippen molar-refractivity contribution in [1.82, 2.24) is 0 Å². The third kappa shape index (κ3) is 3.96. The van der Waals surface area contributed by atoms with Gasteiger partial charge in [-0.05, 0) is 30.2 Å². The minimum atomic E-state index is -3.11. The van der Waals surface area contributed by atoms with Crippen LogP contribution in [0.4, 0.5) is 5.69 Å². The number of methoxy groups -OCH3 is 2. The van der Waals surface area contributed by atoms with E-state index in [2.05, 4.69) is 19.1 Å². The first kappa shape index (κ1) is 20.1. The van der Waals surface area contributed by atoms with Gasteiger partial charge in [0.05, 0.1) is 43.5 Å². The molecule has 0 aliphatic carbocycles. The van der Waals surface area contributed by atoms with Crippen LogP contribution < -0.4 is 14.4 Å². The molecule has 4 rings (SSSR count). The Bertz CT molecular complexity index is 1050. The molecule has 1 saturated heterocycles. The van der Waals surface area contributed by atoms with Crippen LogP contribution in [0.1, 0.15) is 11.1 Å². The maximum absolute atomic E-state index is 12.3. The van der Waals surface area contributed by atoms with Crippen LogP contribution in [-0.2, 0) is 15.6 Å². The largest absolute Gasteiger partial charge is 0.497 e. The Hall–Kier alpha value is -2.19. The van der Waals surface area contributed by atoms with Crippen LogP contribution in [0, 0.1) is 6.92 Å². The standard InChI is InChI=1S/C21H24N2O4S2/c1-14-6-4-5-7-15(14)11-28-21-22-17-12-29(24,25)13-19(17)23(21)18-10-16(26-2)8-9-20(18)27-3/h4-10,17,19H,11-13H2,1-3H3/t17-,19-/m1/s1. The molecule has 154 valence electrons. The molecule has 1 fully saturated rings. The predicted molar refractivity (Wildman–Crippen MR) is 118 cm³/mol. The first-order valence-electron chi connectivity index (χ1n) is 9.38. The fourth-order valence-corrected chi connectivity index (χ4v) is 6.85. The van der Waals surface area contributed by atoms with Crippen LogP contribution >= 0.6 is 11.8 Å². The minimum absolute atomic E-state index is 0.0921. The normalized spacial score (nSPS) is 22.3. The van der Waals surface area contributed by atoms with E-state index in [1.807, 2.05) is 35.2 Å². The third-order valence-electron chi connectivity index (χ3n) is 5.37. The second-order valence-corrected chi connectivity index (χ2v) is 10.3. The summed E-state index contributed by atoms with van der Waals surface area (Å²) in [6.45, 7) is 2.09. The van der Waals surface area contributed by atoms with Crippen molar-refractivity contribution in [1.29, 1.82) is 0 Å². The molecule has 2 aliphatic rings. The van der Waals surface area contributed by atoms with Gasteiger partial charge in [0.25, 0.3) is 0 Å². The fraction of sp³-hybridized carbons (Fsp3) is 0.381. The number of hydrogen-bond acceptors (Lipinski definition) is 7. The van der Waals surface area contributed by atoms with E-state index in [1.54, 1.807) is 26.0 Å². The monoisotopic (exact) mass is 432 g/mol. The maximum atomic E-state index is 12.3. The molecule has 0 N–H and O–H groups in total. The molecule has 2 heterocycles. The Morgan fingerprint density at radius 2 is 1.93 bits per heavy atom. The number of aryl methyl sites for hydroxylation is 1. The summed E-state index contributed by atoms with van der Waals surface area (Å²) in [6, 6.07) is 13.3. The molecule has 0 amide bonds. The second-order valence-electron chi connectivity index (χ2n) is 7.25. The van der Waals surface area contributed by atoms with Gasteiger partial charge >= 0.3 is 0 Å². The van der Waals surface area contributed by atoms with Gasteiger partial charge in [-0.1, -0.05) is 36.0 Å². The molecule has 2 aliphatic heterocycles. The SMILES string of the molecule is COc1ccc(OC)c(N2C(SCc3ccccc3C)=N[C@@H]3CS(=O)(=O)C[C@H]32)c1. The highest BCUT2D eigenvalue weighted by Crippen LogP contribution is 2.41. The summed E-state index contributed by atoms with van der Waals surface area (Å²) in [7, 11) is 0.115. The summed E-state index contributed by atoms with van der Waals surface area (Å²) in [6.07, 6.45) is 0. The lowest BCUT2D eigenvalue weighted by Crippen LogP contribution is -2.39. The molecule has 0 aromatic heterocycles. The van der Waals surface area contributed by atoms with Crippen LogP contribution in [0.5, 0.6) is 11.5 Å². The van der Waals surface area contributed by atoms with Crippen molar-refractivity contribution in [3.63, 3.8) is 0 Å². The molecule has 2 aromatic carbocycles. The van der Waals surface area contributed by atoms with E-state index in [4.69, 9.17) is 14.5 Å². The summed E-state index contributed by atoms with van der Waals surface area (Å²) in [5.41, 5.74) is 3.25. The van der Waals surface area contributed by atoms with E-state index in [9.17, 15) is 8.42 Å². The lowest BCUT2D eigenvalue weighted by Gasteiger charge is -2.28. The smallest absolute Gasteiger partial charge is 0.164 e. The molecule has 2 aromatic rings.